The number of hydrogen-bond donors (Lipinski definition) is 0. The molecule has 0 N–H and O–H groups in total. The Labute approximate surface area is 135 Å². The van der Waals surface area contributed by atoms with Crippen molar-refractivity contribution in [3.63, 3.8) is 0 Å². The van der Waals surface area contributed by atoms with Gasteiger partial charge in [0.05, 0.1) is 0 Å². The highest BCUT2D eigenvalue weighted by Gasteiger charge is 2.62. The molecule has 0 heterocycles. The third-order valence-electron chi connectivity index (χ3n) is 8.23. The number of ketones is 1. The molecule has 22 heavy (non-hydrogen) atoms. The maximum atomic E-state index is 12.4. The molecule has 0 aromatic heterocycles. The molecule has 0 aromatic carbocycles. The first-order chi connectivity index (χ1) is 10.5. The molecule has 4 rings (SSSR count). The summed E-state index contributed by atoms with van der Waals surface area (Å²) in [6.07, 6.45) is 13.3. The largest absolute Gasteiger partial charge is 0.295 e. The van der Waals surface area contributed by atoms with E-state index in [9.17, 15) is 4.79 Å². The van der Waals surface area contributed by atoms with Crippen molar-refractivity contribution in [1.29, 1.82) is 0 Å². The van der Waals surface area contributed by atoms with Crippen molar-refractivity contribution in [2.45, 2.75) is 64.7 Å². The molecule has 1 spiro atoms. The number of rotatable bonds is 2. The van der Waals surface area contributed by atoms with Gasteiger partial charge in [0, 0.05) is 5.92 Å². The van der Waals surface area contributed by atoms with Gasteiger partial charge in [0.2, 0.25) is 0 Å². The minimum absolute atomic E-state index is 0.260. The van der Waals surface area contributed by atoms with E-state index in [0.29, 0.717) is 22.5 Å². The highest BCUT2D eigenvalue weighted by molar-refractivity contribution is 5.91. The minimum atomic E-state index is 0.260. The molecule has 6 atom stereocenters. The van der Waals surface area contributed by atoms with Crippen LogP contribution in [-0.4, -0.2) is 5.78 Å². The van der Waals surface area contributed by atoms with Crippen LogP contribution in [0.2, 0.25) is 0 Å². The Bertz CT molecular complexity index is 532. The van der Waals surface area contributed by atoms with Gasteiger partial charge in [0.15, 0.2) is 5.78 Å². The van der Waals surface area contributed by atoms with Crippen molar-refractivity contribution >= 4 is 5.78 Å². The number of carbonyl (C=O) groups is 1. The van der Waals surface area contributed by atoms with Crippen molar-refractivity contribution in [2.24, 2.45) is 34.5 Å². The summed E-state index contributed by atoms with van der Waals surface area (Å²) in [5.74, 6) is 2.82. The van der Waals surface area contributed by atoms with Gasteiger partial charge in [-0.1, -0.05) is 32.1 Å². The van der Waals surface area contributed by atoms with Crippen LogP contribution in [0.5, 0.6) is 0 Å². The second-order valence-corrected chi connectivity index (χ2v) is 8.98. The number of hydrogen-bond acceptors (Lipinski definition) is 1. The monoisotopic (exact) mass is 298 g/mol. The summed E-state index contributed by atoms with van der Waals surface area (Å²) in [6.45, 7) is 10.7. The van der Waals surface area contributed by atoms with Crippen LogP contribution >= 0.6 is 0 Å². The highest BCUT2D eigenvalue weighted by atomic mass is 16.1. The average molecular weight is 298 g/mol. The molecule has 4 aliphatic rings. The highest BCUT2D eigenvalue weighted by Crippen LogP contribution is 2.70. The molecule has 2 unspecified atom stereocenters. The summed E-state index contributed by atoms with van der Waals surface area (Å²) in [5.41, 5.74) is 2.47. The van der Waals surface area contributed by atoms with E-state index < -0.39 is 0 Å². The molecule has 1 heteroatoms. The van der Waals surface area contributed by atoms with Crippen LogP contribution in [0.25, 0.3) is 0 Å². The number of fused-ring (bicyclic) bond motifs is 3. The Morgan fingerprint density at radius 2 is 2.05 bits per heavy atom. The maximum absolute atomic E-state index is 12.4. The summed E-state index contributed by atoms with van der Waals surface area (Å²) in [7, 11) is 0. The van der Waals surface area contributed by atoms with Gasteiger partial charge < -0.3 is 0 Å². The lowest BCUT2D eigenvalue weighted by Gasteiger charge is -2.61. The first-order valence-corrected chi connectivity index (χ1v) is 9.34. The second kappa shape index (κ2) is 4.82. The topological polar surface area (TPSA) is 17.1 Å². The molecule has 0 saturated heterocycles. The van der Waals surface area contributed by atoms with Crippen LogP contribution in [0.4, 0.5) is 0 Å². The van der Waals surface area contributed by atoms with Crippen LogP contribution < -0.4 is 0 Å². The average Bonchev–Trinajstić information content (AvgIpc) is 2.74. The van der Waals surface area contributed by atoms with E-state index in [1.54, 1.807) is 11.6 Å². The molecule has 4 fully saturated rings. The molecule has 0 aliphatic heterocycles. The zero-order valence-corrected chi connectivity index (χ0v) is 14.1. The van der Waals surface area contributed by atoms with Crippen molar-refractivity contribution in [1.82, 2.24) is 0 Å². The summed E-state index contributed by atoms with van der Waals surface area (Å²) in [5, 5.41) is 0. The van der Waals surface area contributed by atoms with Gasteiger partial charge in [-0.15, -0.1) is 0 Å². The van der Waals surface area contributed by atoms with Crippen LogP contribution in [-0.2, 0) is 4.79 Å². The molecule has 120 valence electrons. The Balaban J connectivity index is 1.70. The molecule has 2 bridgehead atoms. The Hall–Kier alpha value is -0.850. The van der Waals surface area contributed by atoms with E-state index in [4.69, 9.17) is 0 Å². The lowest BCUT2D eigenvalue weighted by molar-refractivity contribution is -0.143. The third-order valence-corrected chi connectivity index (χ3v) is 8.23. The zero-order valence-electron chi connectivity index (χ0n) is 14.1. The van der Waals surface area contributed by atoms with Gasteiger partial charge in [-0.05, 0) is 86.0 Å². The molecule has 0 aromatic rings. The van der Waals surface area contributed by atoms with E-state index in [2.05, 4.69) is 20.1 Å². The third kappa shape index (κ3) is 1.80. The summed E-state index contributed by atoms with van der Waals surface area (Å²) >= 11 is 0. The fraction of sp³-hybridized carbons (Fsp3) is 0.762. The number of allylic oxidation sites excluding steroid dienone is 2. The predicted molar refractivity (Wildman–Crippen MR) is 90.4 cm³/mol. The number of carbonyl (C=O) groups excluding carboxylic acids is 1. The van der Waals surface area contributed by atoms with Gasteiger partial charge in [0.1, 0.15) is 0 Å². The van der Waals surface area contributed by atoms with E-state index in [1.165, 1.54) is 51.4 Å². The van der Waals surface area contributed by atoms with Crippen LogP contribution in [0.1, 0.15) is 64.7 Å². The maximum Gasteiger partial charge on any atom is 0.158 e. The van der Waals surface area contributed by atoms with Gasteiger partial charge >= 0.3 is 0 Å². The molecular formula is C21H30O. The van der Waals surface area contributed by atoms with Crippen molar-refractivity contribution < 1.29 is 4.79 Å². The summed E-state index contributed by atoms with van der Waals surface area (Å²) in [4.78, 5) is 12.4. The van der Waals surface area contributed by atoms with Crippen LogP contribution in [0.3, 0.4) is 0 Å². The predicted octanol–water partition coefficient (Wildman–Crippen LogP) is 5.32. The van der Waals surface area contributed by atoms with Crippen molar-refractivity contribution in [3.8, 4) is 0 Å². The lowest BCUT2D eigenvalue weighted by Crippen LogP contribution is -2.54. The van der Waals surface area contributed by atoms with Gasteiger partial charge in [-0.3, -0.25) is 4.79 Å². The van der Waals surface area contributed by atoms with E-state index >= 15 is 0 Å². The van der Waals surface area contributed by atoms with E-state index in [0.717, 1.165) is 18.3 Å². The first-order valence-electron chi connectivity index (χ1n) is 9.34. The fourth-order valence-corrected chi connectivity index (χ4v) is 7.39. The van der Waals surface area contributed by atoms with E-state index in [-0.39, 0.29) is 5.92 Å². The molecule has 4 saturated carbocycles. The normalized spacial score (nSPS) is 50.1. The van der Waals surface area contributed by atoms with Gasteiger partial charge in [0.25, 0.3) is 0 Å². The quantitative estimate of drug-likeness (QED) is 0.498. The van der Waals surface area contributed by atoms with Gasteiger partial charge in [-0.25, -0.2) is 0 Å². The van der Waals surface area contributed by atoms with Crippen molar-refractivity contribution in [2.75, 3.05) is 0 Å². The lowest BCUT2D eigenvalue weighted by atomic mass is 9.43. The van der Waals surface area contributed by atoms with Crippen molar-refractivity contribution in [3.05, 3.63) is 24.8 Å². The molecular weight excluding hydrogens is 268 g/mol. The fourth-order valence-electron chi connectivity index (χ4n) is 7.39. The Morgan fingerprint density at radius 3 is 2.82 bits per heavy atom. The Morgan fingerprint density at radius 1 is 1.23 bits per heavy atom. The summed E-state index contributed by atoms with van der Waals surface area (Å²) < 4.78 is 0. The minimum Gasteiger partial charge on any atom is -0.295 e. The molecule has 0 radical (unpaired) electrons. The summed E-state index contributed by atoms with van der Waals surface area (Å²) in [6, 6.07) is 0. The molecule has 0 amide bonds. The van der Waals surface area contributed by atoms with Crippen LogP contribution in [0, 0.1) is 34.5 Å². The zero-order chi connectivity index (χ0) is 15.5. The second-order valence-electron chi connectivity index (χ2n) is 8.98. The molecule has 1 nitrogen and oxygen atoms in total. The first kappa shape index (κ1) is 14.7. The Kier molecular flexibility index (Phi) is 3.23. The molecule has 4 aliphatic carbocycles. The SMILES string of the molecule is C=CC(=O)[C@@H]1CCC[C@]2(C)C1CC[C@]13CC(=C)[C@@H](CCC12)C3. The smallest absolute Gasteiger partial charge is 0.158 e. The van der Waals surface area contributed by atoms with Crippen LogP contribution in [0.15, 0.2) is 24.8 Å². The standard InChI is InChI=1S/C21H30O/c1-4-18(22)16-6-5-10-20(3)17(16)9-11-21-12-14(2)15(13-21)7-8-19(20)21/h4,15-17,19H,1-2,5-13H2,3H3/t15-,16+,17?,19?,20+,21+/m0/s1. The van der Waals surface area contributed by atoms with Gasteiger partial charge in [-0.2, -0.15) is 0 Å². The van der Waals surface area contributed by atoms with E-state index in [1.807, 2.05) is 0 Å².